The number of thioether (sulfide) groups is 1. The summed E-state index contributed by atoms with van der Waals surface area (Å²) in [5.74, 6) is 0.666. The number of aryl methyl sites for hydroxylation is 1. The van der Waals surface area contributed by atoms with Gasteiger partial charge in [-0.05, 0) is 36.8 Å². The van der Waals surface area contributed by atoms with Crippen LogP contribution in [0.25, 0.3) is 5.69 Å². The molecule has 1 aliphatic rings. The largest absolute Gasteiger partial charge is 0.346 e. The Morgan fingerprint density at radius 2 is 2.11 bits per heavy atom. The molecule has 2 heterocycles. The normalized spacial score (nSPS) is 13.3. The highest BCUT2D eigenvalue weighted by atomic mass is 32.2. The minimum atomic E-state index is -0.230. The Balaban J connectivity index is 1.45. The third-order valence-corrected chi connectivity index (χ3v) is 5.54. The molecule has 0 saturated carbocycles. The summed E-state index contributed by atoms with van der Waals surface area (Å²) < 4.78 is 1.70. The first kappa shape index (κ1) is 17.5. The van der Waals surface area contributed by atoms with Crippen LogP contribution in [-0.4, -0.2) is 32.4 Å². The maximum atomic E-state index is 12.5. The van der Waals surface area contributed by atoms with E-state index in [1.54, 1.807) is 34.8 Å². The standard InChI is InChI=1S/C20H18N4O2S/c1-13-4-2-3-5-17(13)24-12-15(22-23-24)11-21-20(26)14-6-7-19-16(10-14)18(25)8-9-27-19/h2-7,10,12H,8-9,11H2,1H3,(H,21,26). The number of fused-ring (bicyclic) bond motifs is 1. The lowest BCUT2D eigenvalue weighted by Crippen LogP contribution is -2.23. The summed E-state index contributed by atoms with van der Waals surface area (Å²) in [5, 5.41) is 11.1. The smallest absolute Gasteiger partial charge is 0.251 e. The van der Waals surface area contributed by atoms with Gasteiger partial charge in [0.1, 0.15) is 5.69 Å². The molecule has 1 aromatic heterocycles. The fraction of sp³-hybridized carbons (Fsp3) is 0.200. The number of carbonyl (C=O) groups excluding carboxylic acids is 2. The second kappa shape index (κ2) is 7.36. The van der Waals surface area contributed by atoms with Crippen LogP contribution in [0, 0.1) is 6.92 Å². The quantitative estimate of drug-likeness (QED) is 0.754. The van der Waals surface area contributed by atoms with Crippen molar-refractivity contribution in [1.82, 2.24) is 20.3 Å². The zero-order valence-corrected chi connectivity index (χ0v) is 15.6. The van der Waals surface area contributed by atoms with Gasteiger partial charge in [0, 0.05) is 28.2 Å². The first-order chi connectivity index (χ1) is 13.1. The lowest BCUT2D eigenvalue weighted by atomic mass is 10.0. The van der Waals surface area contributed by atoms with Crippen LogP contribution in [0.2, 0.25) is 0 Å². The first-order valence-electron chi connectivity index (χ1n) is 8.67. The van der Waals surface area contributed by atoms with Crippen molar-refractivity contribution in [2.24, 2.45) is 0 Å². The predicted molar refractivity (Wildman–Crippen MR) is 103 cm³/mol. The SMILES string of the molecule is Cc1ccccc1-n1cc(CNC(=O)c2ccc3c(c2)C(=O)CCS3)nn1. The van der Waals surface area contributed by atoms with E-state index in [0.717, 1.165) is 21.9 Å². The van der Waals surface area contributed by atoms with Crippen molar-refractivity contribution in [3.05, 3.63) is 71.0 Å². The molecule has 4 rings (SSSR count). The number of hydrogen-bond donors (Lipinski definition) is 1. The van der Waals surface area contributed by atoms with Crippen LogP contribution in [0.4, 0.5) is 0 Å². The van der Waals surface area contributed by atoms with Gasteiger partial charge in [-0.1, -0.05) is 23.4 Å². The van der Waals surface area contributed by atoms with Gasteiger partial charge in [-0.15, -0.1) is 16.9 Å². The van der Waals surface area contributed by atoms with E-state index in [1.165, 1.54) is 0 Å². The molecule has 1 aliphatic heterocycles. The molecular formula is C20H18N4O2S. The number of nitrogens with zero attached hydrogens (tertiary/aromatic N) is 3. The number of nitrogens with one attached hydrogen (secondary N) is 1. The average Bonchev–Trinajstić information content (AvgIpc) is 3.15. The molecule has 0 spiro atoms. The third kappa shape index (κ3) is 3.64. The van der Waals surface area contributed by atoms with Crippen LogP contribution in [0.5, 0.6) is 0 Å². The molecule has 2 aromatic carbocycles. The zero-order chi connectivity index (χ0) is 18.8. The van der Waals surface area contributed by atoms with Crippen LogP contribution in [0.1, 0.15) is 38.4 Å². The monoisotopic (exact) mass is 378 g/mol. The molecule has 6 nitrogen and oxygen atoms in total. The maximum Gasteiger partial charge on any atom is 0.251 e. The van der Waals surface area contributed by atoms with Gasteiger partial charge in [0.25, 0.3) is 5.91 Å². The van der Waals surface area contributed by atoms with Crippen molar-refractivity contribution in [2.45, 2.75) is 24.8 Å². The summed E-state index contributed by atoms with van der Waals surface area (Å²) in [7, 11) is 0. The van der Waals surface area contributed by atoms with Gasteiger partial charge in [0.15, 0.2) is 5.78 Å². The van der Waals surface area contributed by atoms with Gasteiger partial charge in [-0.3, -0.25) is 9.59 Å². The van der Waals surface area contributed by atoms with E-state index < -0.39 is 0 Å². The van der Waals surface area contributed by atoms with Gasteiger partial charge in [0.05, 0.1) is 18.4 Å². The molecule has 0 aliphatic carbocycles. The number of aromatic nitrogens is 3. The molecule has 0 unspecified atom stereocenters. The summed E-state index contributed by atoms with van der Waals surface area (Å²) >= 11 is 1.65. The van der Waals surface area contributed by atoms with Gasteiger partial charge in [-0.25, -0.2) is 4.68 Å². The lowest BCUT2D eigenvalue weighted by molar-refractivity contribution is 0.0950. The van der Waals surface area contributed by atoms with Gasteiger partial charge in [0.2, 0.25) is 0 Å². The van der Waals surface area contributed by atoms with Gasteiger partial charge in [-0.2, -0.15) is 0 Å². The van der Waals surface area contributed by atoms with Crippen molar-refractivity contribution >= 4 is 23.5 Å². The Morgan fingerprint density at radius 1 is 1.26 bits per heavy atom. The van der Waals surface area contributed by atoms with Crippen LogP contribution >= 0.6 is 11.8 Å². The van der Waals surface area contributed by atoms with Crippen LogP contribution < -0.4 is 5.32 Å². The molecule has 7 heteroatoms. The summed E-state index contributed by atoms with van der Waals surface area (Å²) in [5.41, 5.74) is 3.83. The number of carbonyl (C=O) groups is 2. The Hall–Kier alpha value is -2.93. The Morgan fingerprint density at radius 3 is 2.96 bits per heavy atom. The number of amides is 1. The Kier molecular flexibility index (Phi) is 4.77. The topological polar surface area (TPSA) is 76.9 Å². The van der Waals surface area contributed by atoms with Crippen LogP contribution in [-0.2, 0) is 6.54 Å². The van der Waals surface area contributed by atoms with Crippen LogP contribution in [0.3, 0.4) is 0 Å². The highest BCUT2D eigenvalue weighted by Gasteiger charge is 2.19. The molecule has 0 fully saturated rings. The number of para-hydroxylation sites is 1. The summed E-state index contributed by atoms with van der Waals surface area (Å²) in [6.07, 6.45) is 2.32. The highest BCUT2D eigenvalue weighted by molar-refractivity contribution is 7.99. The number of ketones is 1. The third-order valence-electron chi connectivity index (χ3n) is 4.46. The number of benzene rings is 2. The summed E-state index contributed by atoms with van der Waals surface area (Å²) in [6, 6.07) is 13.2. The molecule has 0 atom stereocenters. The molecule has 27 heavy (non-hydrogen) atoms. The van der Waals surface area contributed by atoms with Gasteiger partial charge >= 0.3 is 0 Å². The Bertz CT molecular complexity index is 1030. The van der Waals surface area contributed by atoms with E-state index >= 15 is 0 Å². The van der Waals surface area contributed by atoms with E-state index in [1.807, 2.05) is 37.3 Å². The highest BCUT2D eigenvalue weighted by Crippen LogP contribution is 2.30. The molecule has 1 N–H and O–H groups in total. The minimum Gasteiger partial charge on any atom is -0.346 e. The van der Waals surface area contributed by atoms with E-state index in [-0.39, 0.29) is 18.2 Å². The number of Topliss-reactive ketones (excluding diaryl/α,β-unsaturated/α-hetero) is 1. The minimum absolute atomic E-state index is 0.0968. The van der Waals surface area contributed by atoms with Crippen molar-refractivity contribution in [3.8, 4) is 5.69 Å². The maximum absolute atomic E-state index is 12.5. The van der Waals surface area contributed by atoms with E-state index in [4.69, 9.17) is 0 Å². The number of rotatable bonds is 4. The van der Waals surface area contributed by atoms with Crippen molar-refractivity contribution < 1.29 is 9.59 Å². The van der Waals surface area contributed by atoms with Gasteiger partial charge < -0.3 is 5.32 Å². The molecule has 0 saturated heterocycles. The van der Waals surface area contributed by atoms with Crippen LogP contribution in [0.15, 0.2) is 53.6 Å². The lowest BCUT2D eigenvalue weighted by Gasteiger charge is -2.14. The fourth-order valence-corrected chi connectivity index (χ4v) is 3.99. The average molecular weight is 378 g/mol. The number of hydrogen-bond acceptors (Lipinski definition) is 5. The predicted octanol–water partition coefficient (Wildman–Crippen LogP) is 3.18. The molecule has 3 aromatic rings. The Labute approximate surface area is 161 Å². The van der Waals surface area contributed by atoms with E-state index in [0.29, 0.717) is 23.2 Å². The van der Waals surface area contributed by atoms with Crippen molar-refractivity contribution in [2.75, 3.05) is 5.75 Å². The molecular weight excluding hydrogens is 360 g/mol. The fourth-order valence-electron chi connectivity index (χ4n) is 2.99. The van der Waals surface area contributed by atoms with Crippen molar-refractivity contribution in [1.29, 1.82) is 0 Å². The molecule has 136 valence electrons. The first-order valence-corrected chi connectivity index (χ1v) is 9.66. The zero-order valence-electron chi connectivity index (χ0n) is 14.8. The molecule has 1 amide bonds. The van der Waals surface area contributed by atoms with Crippen molar-refractivity contribution in [3.63, 3.8) is 0 Å². The second-order valence-corrected chi connectivity index (χ2v) is 7.49. The molecule has 0 bridgehead atoms. The summed E-state index contributed by atoms with van der Waals surface area (Å²) in [6.45, 7) is 2.28. The van der Waals surface area contributed by atoms with E-state index in [2.05, 4.69) is 15.6 Å². The summed E-state index contributed by atoms with van der Waals surface area (Å²) in [4.78, 5) is 25.4. The van der Waals surface area contributed by atoms with E-state index in [9.17, 15) is 9.59 Å². The molecule has 0 radical (unpaired) electrons. The second-order valence-electron chi connectivity index (χ2n) is 6.36.